The predicted octanol–water partition coefficient (Wildman–Crippen LogP) is 0.142. The summed E-state index contributed by atoms with van der Waals surface area (Å²) in [5.41, 5.74) is 0. The molecular formula is C22H33ClN4O12. The van der Waals surface area contributed by atoms with E-state index in [-0.39, 0.29) is 12.4 Å². The Balaban J connectivity index is 3.43. The molecule has 16 nitrogen and oxygen atoms in total. The van der Waals surface area contributed by atoms with Crippen molar-refractivity contribution >= 4 is 47.4 Å². The highest BCUT2D eigenvalue weighted by Gasteiger charge is 2.52. The Hall–Kier alpha value is -3.53. The van der Waals surface area contributed by atoms with Gasteiger partial charge in [-0.3, -0.25) is 24.0 Å². The second kappa shape index (κ2) is 15.8. The lowest BCUT2D eigenvalue weighted by Gasteiger charge is -2.44. The summed E-state index contributed by atoms with van der Waals surface area (Å²) in [6.07, 6.45) is -5.81. The van der Waals surface area contributed by atoms with Crippen molar-refractivity contribution in [1.82, 2.24) is 15.6 Å². The second-order valence-corrected chi connectivity index (χ2v) is 9.08. The van der Waals surface area contributed by atoms with E-state index in [0.29, 0.717) is 5.01 Å². The summed E-state index contributed by atoms with van der Waals surface area (Å²) >= 11 is 5.57. The molecule has 1 fully saturated rings. The van der Waals surface area contributed by atoms with Crippen LogP contribution in [0, 0.1) is 10.8 Å². The molecule has 220 valence electrons. The van der Waals surface area contributed by atoms with Gasteiger partial charge in [-0.15, -0.1) is 16.5 Å². The first-order valence-electron chi connectivity index (χ1n) is 11.8. The van der Waals surface area contributed by atoms with Gasteiger partial charge in [0.25, 0.3) is 0 Å². The average molecular weight is 581 g/mol. The highest BCUT2D eigenvalue weighted by Crippen LogP contribution is 2.28. The highest BCUT2D eigenvalue weighted by molar-refractivity contribution is 6.18. The number of rotatable bonds is 12. The Bertz CT molecular complexity index is 933. The molecule has 6 unspecified atom stereocenters. The number of carbonyl (C=O) groups excluding carboxylic acids is 6. The van der Waals surface area contributed by atoms with E-state index in [0.717, 1.165) is 27.7 Å². The second-order valence-electron chi connectivity index (χ2n) is 8.70. The van der Waals surface area contributed by atoms with E-state index in [1.165, 1.54) is 0 Å². The van der Waals surface area contributed by atoms with Crippen LogP contribution in [0.4, 0.5) is 4.79 Å². The summed E-state index contributed by atoms with van der Waals surface area (Å²) in [6.45, 7) is 6.76. The number of hydrogen-bond donors (Lipinski definition) is 2. The Labute approximate surface area is 229 Å². The van der Waals surface area contributed by atoms with Gasteiger partial charge in [-0.2, -0.15) is 5.01 Å². The van der Waals surface area contributed by atoms with Crippen LogP contribution in [0.15, 0.2) is 5.29 Å². The summed E-state index contributed by atoms with van der Waals surface area (Å²) in [4.78, 5) is 83.9. The molecule has 0 spiro atoms. The van der Waals surface area contributed by atoms with Gasteiger partial charge in [-0.25, -0.2) is 4.79 Å². The number of ether oxygens (including phenoxy) is 5. The van der Waals surface area contributed by atoms with Crippen LogP contribution in [0.1, 0.15) is 41.5 Å². The third-order valence-electron chi connectivity index (χ3n) is 5.15. The largest absolute Gasteiger partial charge is 0.463 e. The van der Waals surface area contributed by atoms with Crippen LogP contribution in [0.2, 0.25) is 0 Å². The van der Waals surface area contributed by atoms with Gasteiger partial charge >= 0.3 is 29.9 Å². The summed E-state index contributed by atoms with van der Waals surface area (Å²) in [7, 11) is 0. The first-order chi connectivity index (χ1) is 18.2. The lowest BCUT2D eigenvalue weighted by molar-refractivity contribution is -0.271. The van der Waals surface area contributed by atoms with Gasteiger partial charge in [0.2, 0.25) is 12.2 Å². The molecule has 0 radical (unpaired) electrons. The van der Waals surface area contributed by atoms with E-state index >= 15 is 0 Å². The molecule has 1 aliphatic heterocycles. The van der Waals surface area contributed by atoms with Gasteiger partial charge in [0.1, 0.15) is 24.8 Å². The SMILES string of the molecule is CC(=O)OCC1OC(OC(C)=O)C(NC(=O)C(NC(=O)N(CCCl)N=O)C(C)C)C(OC(C)=O)C1OC(C)=O. The molecule has 0 saturated carbocycles. The van der Waals surface area contributed by atoms with E-state index < -0.39 is 85.0 Å². The molecule has 0 aromatic rings. The molecule has 0 aromatic carbocycles. The highest BCUT2D eigenvalue weighted by atomic mass is 35.5. The molecular weight excluding hydrogens is 548 g/mol. The first kappa shape index (κ1) is 33.5. The minimum Gasteiger partial charge on any atom is -0.463 e. The van der Waals surface area contributed by atoms with Crippen LogP contribution in [-0.4, -0.2) is 96.5 Å². The van der Waals surface area contributed by atoms with Crippen molar-refractivity contribution in [2.75, 3.05) is 19.0 Å². The number of nitrogens with one attached hydrogen (secondary N) is 2. The molecule has 17 heteroatoms. The van der Waals surface area contributed by atoms with Crippen molar-refractivity contribution in [3.05, 3.63) is 4.91 Å². The number of esters is 4. The summed E-state index contributed by atoms with van der Waals surface area (Å²) in [5.74, 6) is -4.74. The van der Waals surface area contributed by atoms with Crippen molar-refractivity contribution in [3.8, 4) is 0 Å². The number of alkyl halides is 1. The van der Waals surface area contributed by atoms with Gasteiger partial charge in [-0.1, -0.05) is 13.8 Å². The molecule has 1 aliphatic rings. The number of nitroso groups, excluding NO2 is 1. The lowest BCUT2D eigenvalue weighted by Crippen LogP contribution is -2.68. The molecule has 2 N–H and O–H groups in total. The zero-order chi connectivity index (χ0) is 29.9. The Morgan fingerprint density at radius 2 is 1.49 bits per heavy atom. The van der Waals surface area contributed by atoms with Gasteiger partial charge in [0.05, 0.1) is 11.8 Å². The maximum Gasteiger partial charge on any atom is 0.341 e. The summed E-state index contributed by atoms with van der Waals surface area (Å²) in [5, 5.41) is 7.92. The van der Waals surface area contributed by atoms with Crippen molar-refractivity contribution in [3.63, 3.8) is 0 Å². The summed E-state index contributed by atoms with van der Waals surface area (Å²) < 4.78 is 26.6. The maximum absolute atomic E-state index is 13.4. The molecule has 1 rings (SSSR count). The standard InChI is InChI=1S/C22H33ClN4O12/c1-10(2)16(25-22(33)27(26-34)8-7-23)20(32)24-17-19(37-13(5)30)18(36-12(4)29)15(9-35-11(3)28)39-21(17)38-14(6)31/h10,15-19,21H,7-9H2,1-6H3,(H,24,32)(H,25,33). The van der Waals surface area contributed by atoms with Crippen molar-refractivity contribution in [2.45, 2.75) is 78.2 Å². The summed E-state index contributed by atoms with van der Waals surface area (Å²) in [6, 6.07) is -3.75. The van der Waals surface area contributed by atoms with Crippen LogP contribution < -0.4 is 10.6 Å². The zero-order valence-electron chi connectivity index (χ0n) is 22.3. The number of hydrogen-bond acceptors (Lipinski definition) is 13. The maximum atomic E-state index is 13.4. The van der Waals surface area contributed by atoms with Crippen molar-refractivity contribution in [2.24, 2.45) is 11.2 Å². The monoisotopic (exact) mass is 580 g/mol. The Kier molecular flexibility index (Phi) is 13.6. The minimum absolute atomic E-state index is 0.0999. The normalized spacial score (nSPS) is 23.0. The number of urea groups is 1. The molecule has 0 aromatic heterocycles. The van der Waals surface area contributed by atoms with E-state index in [2.05, 4.69) is 15.9 Å². The predicted molar refractivity (Wildman–Crippen MR) is 130 cm³/mol. The van der Waals surface area contributed by atoms with Gasteiger partial charge in [-0.05, 0) is 5.92 Å². The Morgan fingerprint density at radius 3 is 1.95 bits per heavy atom. The first-order valence-corrected chi connectivity index (χ1v) is 12.3. The molecule has 1 heterocycles. The van der Waals surface area contributed by atoms with Crippen molar-refractivity contribution < 1.29 is 52.5 Å². The fraction of sp³-hybridized carbons (Fsp3) is 0.727. The van der Waals surface area contributed by atoms with E-state index in [9.17, 15) is 33.7 Å². The number of carbonyl (C=O) groups is 6. The van der Waals surface area contributed by atoms with Crippen LogP contribution in [-0.2, 0) is 47.7 Å². The topological polar surface area (TPSA) is 205 Å². The molecule has 39 heavy (non-hydrogen) atoms. The number of halogens is 1. The van der Waals surface area contributed by atoms with Crippen LogP contribution in [0.25, 0.3) is 0 Å². The van der Waals surface area contributed by atoms with E-state index in [1.54, 1.807) is 13.8 Å². The van der Waals surface area contributed by atoms with E-state index in [1.807, 2.05) is 0 Å². The molecule has 3 amide bonds. The van der Waals surface area contributed by atoms with Crippen LogP contribution in [0.3, 0.4) is 0 Å². The fourth-order valence-electron chi connectivity index (χ4n) is 3.58. The third kappa shape index (κ3) is 10.6. The Morgan fingerprint density at radius 1 is 0.923 bits per heavy atom. The molecule has 1 saturated heterocycles. The van der Waals surface area contributed by atoms with Gasteiger partial charge < -0.3 is 34.3 Å². The van der Waals surface area contributed by atoms with Crippen molar-refractivity contribution in [1.29, 1.82) is 0 Å². The van der Waals surface area contributed by atoms with E-state index in [4.69, 9.17) is 35.3 Å². The molecule has 0 aliphatic carbocycles. The third-order valence-corrected chi connectivity index (χ3v) is 5.32. The lowest BCUT2D eigenvalue weighted by atomic mass is 9.95. The quantitative estimate of drug-likeness (QED) is 0.104. The average Bonchev–Trinajstić information content (AvgIpc) is 2.81. The number of amides is 3. The minimum atomic E-state index is -1.61. The van der Waals surface area contributed by atoms with Gasteiger partial charge in [0, 0.05) is 33.6 Å². The van der Waals surface area contributed by atoms with Crippen LogP contribution >= 0.6 is 11.6 Å². The zero-order valence-corrected chi connectivity index (χ0v) is 23.1. The van der Waals surface area contributed by atoms with Gasteiger partial charge in [0.15, 0.2) is 12.2 Å². The smallest absolute Gasteiger partial charge is 0.341 e. The van der Waals surface area contributed by atoms with Crippen LogP contribution in [0.5, 0.6) is 0 Å². The molecule has 6 atom stereocenters. The fourth-order valence-corrected chi connectivity index (χ4v) is 3.74. The molecule has 0 bridgehead atoms. The number of nitrogens with zero attached hydrogens (tertiary/aromatic N) is 2.